The third-order valence-corrected chi connectivity index (χ3v) is 2.76. The Morgan fingerprint density at radius 2 is 1.29 bits per heavy atom. The number of rotatable bonds is 3. The Morgan fingerprint density at radius 1 is 0.765 bits per heavy atom. The third-order valence-electron chi connectivity index (χ3n) is 2.32. The molecule has 0 aliphatic rings. The first-order chi connectivity index (χ1) is 8.17. The first-order valence-electron chi connectivity index (χ1n) is 5.18. The standard InChI is InChI=1S/C13H12Cl2N2/c1-16-11-2-4-12(5-3-11)17-13-7-9(14)6-10(15)8-13/h2-8,16-17H,1H3. The number of hydrogen-bond donors (Lipinski definition) is 2. The highest BCUT2D eigenvalue weighted by molar-refractivity contribution is 6.35. The van der Waals surface area contributed by atoms with E-state index in [0.717, 1.165) is 17.1 Å². The number of benzene rings is 2. The summed E-state index contributed by atoms with van der Waals surface area (Å²) in [5.41, 5.74) is 2.93. The molecule has 2 aromatic carbocycles. The Kier molecular flexibility index (Phi) is 3.77. The normalized spacial score (nSPS) is 10.1. The van der Waals surface area contributed by atoms with Crippen LogP contribution in [0.25, 0.3) is 0 Å². The first kappa shape index (κ1) is 12.1. The number of anilines is 3. The van der Waals surface area contributed by atoms with Gasteiger partial charge >= 0.3 is 0 Å². The molecule has 2 rings (SSSR count). The van der Waals surface area contributed by atoms with E-state index in [1.54, 1.807) is 6.07 Å². The molecule has 0 atom stereocenters. The summed E-state index contributed by atoms with van der Waals surface area (Å²) in [4.78, 5) is 0. The average molecular weight is 267 g/mol. The monoisotopic (exact) mass is 266 g/mol. The zero-order valence-electron chi connectivity index (χ0n) is 9.30. The Balaban J connectivity index is 2.19. The zero-order chi connectivity index (χ0) is 12.3. The highest BCUT2D eigenvalue weighted by Crippen LogP contribution is 2.25. The smallest absolute Gasteiger partial charge is 0.0441 e. The van der Waals surface area contributed by atoms with Gasteiger partial charge in [0.2, 0.25) is 0 Å². The van der Waals surface area contributed by atoms with Gasteiger partial charge in [0, 0.05) is 34.2 Å². The maximum absolute atomic E-state index is 5.93. The van der Waals surface area contributed by atoms with Gasteiger partial charge in [-0.3, -0.25) is 0 Å². The predicted octanol–water partition coefficient (Wildman–Crippen LogP) is 4.78. The summed E-state index contributed by atoms with van der Waals surface area (Å²) < 4.78 is 0. The van der Waals surface area contributed by atoms with E-state index < -0.39 is 0 Å². The van der Waals surface area contributed by atoms with Gasteiger partial charge in [0.05, 0.1) is 0 Å². The molecule has 2 aromatic rings. The molecule has 0 fully saturated rings. The zero-order valence-corrected chi connectivity index (χ0v) is 10.8. The summed E-state index contributed by atoms with van der Waals surface area (Å²) >= 11 is 11.9. The molecule has 0 aliphatic carbocycles. The van der Waals surface area contributed by atoms with E-state index in [4.69, 9.17) is 23.2 Å². The summed E-state index contributed by atoms with van der Waals surface area (Å²) in [7, 11) is 1.89. The van der Waals surface area contributed by atoms with Crippen LogP contribution in [0.4, 0.5) is 17.1 Å². The SMILES string of the molecule is CNc1ccc(Nc2cc(Cl)cc(Cl)c2)cc1. The summed E-state index contributed by atoms with van der Waals surface area (Å²) in [6.07, 6.45) is 0. The molecule has 88 valence electrons. The molecule has 2 N–H and O–H groups in total. The van der Waals surface area contributed by atoms with Gasteiger partial charge in [-0.25, -0.2) is 0 Å². The van der Waals surface area contributed by atoms with Crippen LogP contribution < -0.4 is 10.6 Å². The van der Waals surface area contributed by atoms with Crippen LogP contribution in [0.1, 0.15) is 0 Å². The van der Waals surface area contributed by atoms with Crippen LogP contribution >= 0.6 is 23.2 Å². The molecule has 4 heteroatoms. The summed E-state index contributed by atoms with van der Waals surface area (Å²) in [5.74, 6) is 0. The van der Waals surface area contributed by atoms with Crippen molar-refractivity contribution in [3.63, 3.8) is 0 Å². The van der Waals surface area contributed by atoms with E-state index in [-0.39, 0.29) is 0 Å². The van der Waals surface area contributed by atoms with E-state index in [0.29, 0.717) is 10.0 Å². The van der Waals surface area contributed by atoms with Gasteiger partial charge in [-0.1, -0.05) is 23.2 Å². The molecule has 0 heterocycles. The Morgan fingerprint density at radius 3 is 1.82 bits per heavy atom. The van der Waals surface area contributed by atoms with E-state index in [1.807, 2.05) is 43.4 Å². The summed E-state index contributed by atoms with van der Waals surface area (Å²) in [6, 6.07) is 13.3. The fourth-order valence-electron chi connectivity index (χ4n) is 1.51. The second-order valence-corrected chi connectivity index (χ2v) is 4.48. The minimum Gasteiger partial charge on any atom is -0.388 e. The Labute approximate surface area is 111 Å². The highest BCUT2D eigenvalue weighted by Gasteiger charge is 1.99. The molecule has 17 heavy (non-hydrogen) atoms. The largest absolute Gasteiger partial charge is 0.388 e. The molecule has 0 aromatic heterocycles. The molecular formula is C13H12Cl2N2. The van der Waals surface area contributed by atoms with Gasteiger partial charge in [0.25, 0.3) is 0 Å². The first-order valence-corrected chi connectivity index (χ1v) is 5.94. The van der Waals surface area contributed by atoms with Crippen molar-refractivity contribution >= 4 is 40.3 Å². The van der Waals surface area contributed by atoms with Gasteiger partial charge in [-0.15, -0.1) is 0 Å². The maximum atomic E-state index is 5.93. The Bertz CT molecular complexity index is 489. The highest BCUT2D eigenvalue weighted by atomic mass is 35.5. The van der Waals surface area contributed by atoms with Crippen molar-refractivity contribution in [3.05, 3.63) is 52.5 Å². The van der Waals surface area contributed by atoms with Crippen molar-refractivity contribution in [2.45, 2.75) is 0 Å². The number of halogens is 2. The fraction of sp³-hybridized carbons (Fsp3) is 0.0769. The molecule has 0 unspecified atom stereocenters. The number of hydrogen-bond acceptors (Lipinski definition) is 2. The van der Waals surface area contributed by atoms with Crippen LogP contribution in [0.5, 0.6) is 0 Å². The van der Waals surface area contributed by atoms with Gasteiger partial charge in [-0.05, 0) is 42.5 Å². The van der Waals surface area contributed by atoms with Crippen LogP contribution in [-0.2, 0) is 0 Å². The second-order valence-electron chi connectivity index (χ2n) is 3.61. The van der Waals surface area contributed by atoms with Gasteiger partial charge in [0.1, 0.15) is 0 Å². The van der Waals surface area contributed by atoms with E-state index in [2.05, 4.69) is 10.6 Å². The van der Waals surface area contributed by atoms with Crippen LogP contribution in [0.3, 0.4) is 0 Å². The molecule has 0 saturated carbocycles. The predicted molar refractivity (Wildman–Crippen MR) is 75.7 cm³/mol. The van der Waals surface area contributed by atoms with Crippen molar-refractivity contribution in [2.75, 3.05) is 17.7 Å². The molecular weight excluding hydrogens is 255 g/mol. The van der Waals surface area contributed by atoms with Crippen molar-refractivity contribution in [3.8, 4) is 0 Å². The quantitative estimate of drug-likeness (QED) is 0.836. The van der Waals surface area contributed by atoms with Gasteiger partial charge in [0.15, 0.2) is 0 Å². The third kappa shape index (κ3) is 3.29. The van der Waals surface area contributed by atoms with Crippen molar-refractivity contribution in [1.82, 2.24) is 0 Å². The van der Waals surface area contributed by atoms with Crippen LogP contribution in [0.15, 0.2) is 42.5 Å². The minimum absolute atomic E-state index is 0.617. The summed E-state index contributed by atoms with van der Waals surface area (Å²) in [5, 5.41) is 7.54. The van der Waals surface area contributed by atoms with E-state index >= 15 is 0 Å². The second kappa shape index (κ2) is 5.30. The van der Waals surface area contributed by atoms with Crippen LogP contribution in [-0.4, -0.2) is 7.05 Å². The number of nitrogens with one attached hydrogen (secondary N) is 2. The van der Waals surface area contributed by atoms with Crippen LogP contribution in [0.2, 0.25) is 10.0 Å². The lowest BCUT2D eigenvalue weighted by Crippen LogP contribution is -1.91. The average Bonchev–Trinajstić information content (AvgIpc) is 2.28. The van der Waals surface area contributed by atoms with E-state index in [9.17, 15) is 0 Å². The molecule has 0 aliphatic heterocycles. The lowest BCUT2D eigenvalue weighted by atomic mass is 10.2. The molecule has 0 amide bonds. The van der Waals surface area contributed by atoms with Crippen molar-refractivity contribution < 1.29 is 0 Å². The maximum Gasteiger partial charge on any atom is 0.0441 e. The summed E-state index contributed by atoms with van der Waals surface area (Å²) in [6.45, 7) is 0. The molecule has 2 nitrogen and oxygen atoms in total. The minimum atomic E-state index is 0.617. The molecule has 0 bridgehead atoms. The van der Waals surface area contributed by atoms with Gasteiger partial charge in [-0.2, -0.15) is 0 Å². The lowest BCUT2D eigenvalue weighted by Gasteiger charge is -2.08. The fourth-order valence-corrected chi connectivity index (χ4v) is 2.04. The van der Waals surface area contributed by atoms with E-state index in [1.165, 1.54) is 0 Å². The molecule has 0 radical (unpaired) electrons. The lowest BCUT2D eigenvalue weighted by molar-refractivity contribution is 1.49. The topological polar surface area (TPSA) is 24.1 Å². The van der Waals surface area contributed by atoms with Crippen molar-refractivity contribution in [1.29, 1.82) is 0 Å². The van der Waals surface area contributed by atoms with Crippen molar-refractivity contribution in [2.24, 2.45) is 0 Å². The molecule has 0 saturated heterocycles. The molecule has 0 spiro atoms. The van der Waals surface area contributed by atoms with Gasteiger partial charge < -0.3 is 10.6 Å². The Hall–Kier alpha value is -1.38. The van der Waals surface area contributed by atoms with Crippen LogP contribution in [0, 0.1) is 0 Å².